The molecule has 0 aliphatic carbocycles. The van der Waals surface area contributed by atoms with Crippen LogP contribution in [0.25, 0.3) is 0 Å². The van der Waals surface area contributed by atoms with Crippen molar-refractivity contribution in [1.29, 1.82) is 0 Å². The lowest BCUT2D eigenvalue weighted by molar-refractivity contribution is 0.0947. The van der Waals surface area contributed by atoms with Crippen molar-refractivity contribution in [3.63, 3.8) is 0 Å². The summed E-state index contributed by atoms with van der Waals surface area (Å²) in [4.78, 5) is -0.183. The molecule has 1 heterocycles. The van der Waals surface area contributed by atoms with Crippen molar-refractivity contribution < 1.29 is 17.5 Å². The van der Waals surface area contributed by atoms with E-state index in [0.29, 0.717) is 6.61 Å². The Bertz CT molecular complexity index is 571. The number of halogens is 1. The first-order valence-electron chi connectivity index (χ1n) is 6.62. The first kappa shape index (κ1) is 15.2. The number of sulfonamides is 1. The molecule has 0 radical (unpaired) electrons. The number of nitrogen functional groups attached to an aromatic ring is 1. The summed E-state index contributed by atoms with van der Waals surface area (Å²) in [5, 5.41) is 0. The number of nitrogens with zero attached hydrogens (tertiary/aromatic N) is 1. The standard InChI is InChI=1S/C13H19FN2O3S/c1-2-16(9-11-4-3-7-19-11)20(17,18)13-8-10(14)5-6-12(13)15/h5-6,8,11H,2-4,7,9,15H2,1H3. The van der Waals surface area contributed by atoms with Crippen molar-refractivity contribution in [3.05, 3.63) is 24.0 Å². The number of benzene rings is 1. The van der Waals surface area contributed by atoms with Gasteiger partial charge < -0.3 is 10.5 Å². The summed E-state index contributed by atoms with van der Waals surface area (Å²) in [6.07, 6.45) is 1.68. The summed E-state index contributed by atoms with van der Waals surface area (Å²) in [5.74, 6) is -0.619. The fourth-order valence-corrected chi connectivity index (χ4v) is 3.89. The van der Waals surface area contributed by atoms with Gasteiger partial charge in [-0.05, 0) is 31.0 Å². The van der Waals surface area contributed by atoms with Crippen LogP contribution < -0.4 is 5.73 Å². The van der Waals surface area contributed by atoms with Gasteiger partial charge in [0.2, 0.25) is 10.0 Å². The van der Waals surface area contributed by atoms with Crippen molar-refractivity contribution in [2.45, 2.75) is 30.8 Å². The van der Waals surface area contributed by atoms with E-state index in [1.54, 1.807) is 6.92 Å². The quantitative estimate of drug-likeness (QED) is 0.839. The highest BCUT2D eigenvalue weighted by Crippen LogP contribution is 2.25. The maximum Gasteiger partial charge on any atom is 0.245 e. The number of rotatable bonds is 5. The molecule has 0 saturated carbocycles. The summed E-state index contributed by atoms with van der Waals surface area (Å²) in [6, 6.07) is 3.37. The van der Waals surface area contributed by atoms with Gasteiger partial charge in [-0.25, -0.2) is 12.8 Å². The molecule has 2 rings (SSSR count). The summed E-state index contributed by atoms with van der Waals surface area (Å²) >= 11 is 0. The Morgan fingerprint density at radius 1 is 1.50 bits per heavy atom. The molecule has 1 saturated heterocycles. The molecule has 1 atom stereocenters. The average molecular weight is 302 g/mol. The second kappa shape index (κ2) is 6.07. The van der Waals surface area contributed by atoms with Gasteiger partial charge in [0.25, 0.3) is 0 Å². The highest BCUT2D eigenvalue weighted by atomic mass is 32.2. The van der Waals surface area contributed by atoms with Crippen LogP contribution in [0.4, 0.5) is 10.1 Å². The lowest BCUT2D eigenvalue weighted by Crippen LogP contribution is -2.37. The number of hydrogen-bond acceptors (Lipinski definition) is 4. The Kier molecular flexibility index (Phi) is 4.62. The second-order valence-corrected chi connectivity index (χ2v) is 6.68. The molecule has 1 fully saturated rings. The minimum Gasteiger partial charge on any atom is -0.398 e. The van der Waals surface area contributed by atoms with Crippen LogP contribution in [0.5, 0.6) is 0 Å². The minimum atomic E-state index is -3.80. The van der Waals surface area contributed by atoms with Crippen molar-refractivity contribution >= 4 is 15.7 Å². The van der Waals surface area contributed by atoms with E-state index in [1.165, 1.54) is 10.4 Å². The molecule has 0 bridgehead atoms. The summed E-state index contributed by atoms with van der Waals surface area (Å²) in [7, 11) is -3.80. The molecular formula is C13H19FN2O3S. The molecule has 2 N–H and O–H groups in total. The monoisotopic (exact) mass is 302 g/mol. The van der Waals surface area contributed by atoms with Gasteiger partial charge >= 0.3 is 0 Å². The van der Waals surface area contributed by atoms with Crippen LogP contribution in [0.1, 0.15) is 19.8 Å². The maximum absolute atomic E-state index is 13.3. The Morgan fingerprint density at radius 3 is 2.85 bits per heavy atom. The predicted molar refractivity (Wildman–Crippen MR) is 74.2 cm³/mol. The van der Waals surface area contributed by atoms with Gasteiger partial charge in [-0.1, -0.05) is 6.92 Å². The average Bonchev–Trinajstić information content (AvgIpc) is 2.91. The molecule has 1 unspecified atom stereocenters. The van der Waals surface area contributed by atoms with Crippen LogP contribution in [-0.4, -0.2) is 38.5 Å². The number of nitrogens with two attached hydrogens (primary N) is 1. The molecule has 1 aliphatic rings. The maximum atomic E-state index is 13.3. The zero-order valence-electron chi connectivity index (χ0n) is 11.4. The Morgan fingerprint density at radius 2 is 2.25 bits per heavy atom. The molecule has 7 heteroatoms. The third kappa shape index (κ3) is 3.11. The van der Waals surface area contributed by atoms with Crippen LogP contribution in [0, 0.1) is 5.82 Å². The highest BCUT2D eigenvalue weighted by molar-refractivity contribution is 7.89. The van der Waals surface area contributed by atoms with E-state index < -0.39 is 15.8 Å². The van der Waals surface area contributed by atoms with E-state index in [2.05, 4.69) is 0 Å². The largest absolute Gasteiger partial charge is 0.398 e. The molecule has 1 aliphatic heterocycles. The SMILES string of the molecule is CCN(CC1CCCO1)S(=O)(=O)c1cc(F)ccc1N. The first-order valence-corrected chi connectivity index (χ1v) is 8.06. The molecule has 0 amide bonds. The number of anilines is 1. The van der Waals surface area contributed by atoms with Crippen molar-refractivity contribution in [3.8, 4) is 0 Å². The van der Waals surface area contributed by atoms with Crippen LogP contribution in [0.3, 0.4) is 0 Å². The predicted octanol–water partition coefficient (Wildman–Crippen LogP) is 1.60. The van der Waals surface area contributed by atoms with Crippen LogP contribution in [0.2, 0.25) is 0 Å². The highest BCUT2D eigenvalue weighted by Gasteiger charge is 2.29. The summed E-state index contributed by atoms with van der Waals surface area (Å²) < 4.78 is 45.1. The van der Waals surface area contributed by atoms with Crippen LogP contribution in [0.15, 0.2) is 23.1 Å². The van der Waals surface area contributed by atoms with Crippen molar-refractivity contribution in [2.24, 2.45) is 0 Å². The molecule has 112 valence electrons. The third-order valence-corrected chi connectivity index (χ3v) is 5.37. The van der Waals surface area contributed by atoms with Gasteiger partial charge in [0.1, 0.15) is 10.7 Å². The van der Waals surface area contributed by atoms with Gasteiger partial charge in [0.15, 0.2) is 0 Å². The van der Waals surface area contributed by atoms with E-state index in [-0.39, 0.29) is 29.8 Å². The zero-order chi connectivity index (χ0) is 14.8. The Labute approximate surface area is 118 Å². The molecule has 0 spiro atoms. The zero-order valence-corrected chi connectivity index (χ0v) is 12.2. The lowest BCUT2D eigenvalue weighted by atomic mass is 10.2. The van der Waals surface area contributed by atoms with E-state index in [0.717, 1.165) is 25.0 Å². The molecule has 20 heavy (non-hydrogen) atoms. The molecule has 1 aromatic carbocycles. The number of likely N-dealkylation sites (N-methyl/N-ethyl adjacent to an activating group) is 1. The minimum absolute atomic E-state index is 0.0530. The number of hydrogen-bond donors (Lipinski definition) is 1. The van der Waals surface area contributed by atoms with E-state index in [9.17, 15) is 12.8 Å². The molecule has 0 aromatic heterocycles. The van der Waals surface area contributed by atoms with Gasteiger partial charge in [-0.2, -0.15) is 4.31 Å². The normalized spacial score (nSPS) is 19.6. The number of ether oxygens (including phenoxy) is 1. The van der Waals surface area contributed by atoms with Crippen molar-refractivity contribution in [2.75, 3.05) is 25.4 Å². The fourth-order valence-electron chi connectivity index (χ4n) is 2.28. The van der Waals surface area contributed by atoms with Gasteiger partial charge in [0.05, 0.1) is 11.8 Å². The lowest BCUT2D eigenvalue weighted by Gasteiger charge is -2.24. The first-order chi connectivity index (χ1) is 9.45. The van der Waals surface area contributed by atoms with E-state index >= 15 is 0 Å². The Hall–Kier alpha value is -1.18. The third-order valence-electron chi connectivity index (χ3n) is 3.38. The van der Waals surface area contributed by atoms with Gasteiger partial charge in [0, 0.05) is 19.7 Å². The van der Waals surface area contributed by atoms with Gasteiger partial charge in [-0.3, -0.25) is 0 Å². The van der Waals surface area contributed by atoms with E-state index in [4.69, 9.17) is 10.5 Å². The fraction of sp³-hybridized carbons (Fsp3) is 0.538. The van der Waals surface area contributed by atoms with E-state index in [1.807, 2.05) is 0 Å². The molecule has 1 aromatic rings. The molecular weight excluding hydrogens is 283 g/mol. The van der Waals surface area contributed by atoms with Crippen molar-refractivity contribution in [1.82, 2.24) is 4.31 Å². The molecule has 5 nitrogen and oxygen atoms in total. The van der Waals surface area contributed by atoms with Crippen LogP contribution in [-0.2, 0) is 14.8 Å². The van der Waals surface area contributed by atoms with Crippen LogP contribution >= 0.6 is 0 Å². The van der Waals surface area contributed by atoms with Gasteiger partial charge in [-0.15, -0.1) is 0 Å². The topological polar surface area (TPSA) is 72.6 Å². The smallest absolute Gasteiger partial charge is 0.245 e. The Balaban J connectivity index is 2.28. The summed E-state index contributed by atoms with van der Waals surface area (Å²) in [6.45, 7) is 2.96. The summed E-state index contributed by atoms with van der Waals surface area (Å²) in [5.41, 5.74) is 5.73. The second-order valence-electron chi connectivity index (χ2n) is 4.77.